The standard InChI is InChI=1S/C25H21N3O3/c26-24-21-14-16(11-12-23(21)31-28-24)6-5-13-27-25(29)30-15-22-19-9-3-1-7-17(19)18-8-2-4-10-20(18)22/h1-12,14,22H,13,15H2,(H2,26,28)(H,27,29). The number of nitrogens with one attached hydrogen (secondary N) is 1. The van der Waals surface area contributed by atoms with E-state index in [4.69, 9.17) is 15.0 Å². The van der Waals surface area contributed by atoms with E-state index in [0.29, 0.717) is 24.6 Å². The third kappa shape index (κ3) is 3.64. The Bertz CT molecular complexity index is 1250. The van der Waals surface area contributed by atoms with Crippen molar-refractivity contribution in [2.45, 2.75) is 5.92 Å². The molecule has 1 aliphatic carbocycles. The van der Waals surface area contributed by atoms with Crippen molar-refractivity contribution in [1.82, 2.24) is 10.5 Å². The van der Waals surface area contributed by atoms with Crippen molar-refractivity contribution >= 4 is 29.0 Å². The van der Waals surface area contributed by atoms with Crippen LogP contribution < -0.4 is 11.1 Å². The van der Waals surface area contributed by atoms with E-state index in [2.05, 4.69) is 34.7 Å². The van der Waals surface area contributed by atoms with Gasteiger partial charge in [0, 0.05) is 12.5 Å². The summed E-state index contributed by atoms with van der Waals surface area (Å²) in [5, 5.41) is 7.28. The smallest absolute Gasteiger partial charge is 0.407 e. The van der Waals surface area contributed by atoms with Crippen LogP contribution in [0.4, 0.5) is 10.6 Å². The number of carbonyl (C=O) groups excluding carboxylic acids is 1. The maximum Gasteiger partial charge on any atom is 0.407 e. The molecule has 1 heterocycles. The summed E-state index contributed by atoms with van der Waals surface area (Å²) in [6, 6.07) is 22.2. The number of hydrogen-bond acceptors (Lipinski definition) is 5. The average molecular weight is 411 g/mol. The van der Waals surface area contributed by atoms with E-state index in [1.54, 1.807) is 0 Å². The normalized spacial score (nSPS) is 12.8. The molecule has 1 amide bonds. The van der Waals surface area contributed by atoms with E-state index in [9.17, 15) is 4.79 Å². The molecule has 154 valence electrons. The zero-order valence-corrected chi connectivity index (χ0v) is 16.7. The molecule has 0 fully saturated rings. The first-order valence-corrected chi connectivity index (χ1v) is 10.1. The van der Waals surface area contributed by atoms with E-state index < -0.39 is 6.09 Å². The fourth-order valence-electron chi connectivity index (χ4n) is 4.07. The zero-order chi connectivity index (χ0) is 21.2. The number of carbonyl (C=O) groups is 1. The van der Waals surface area contributed by atoms with Crippen molar-refractivity contribution in [2.24, 2.45) is 0 Å². The third-order valence-electron chi connectivity index (χ3n) is 5.54. The largest absolute Gasteiger partial charge is 0.449 e. The number of hydrogen-bond donors (Lipinski definition) is 2. The lowest BCUT2D eigenvalue weighted by molar-refractivity contribution is 0.144. The number of aromatic nitrogens is 1. The van der Waals surface area contributed by atoms with Gasteiger partial charge >= 0.3 is 6.09 Å². The molecule has 0 spiro atoms. The van der Waals surface area contributed by atoms with Gasteiger partial charge in [0.2, 0.25) is 0 Å². The first-order valence-electron chi connectivity index (χ1n) is 10.1. The van der Waals surface area contributed by atoms with Crippen LogP contribution in [-0.2, 0) is 4.74 Å². The fourth-order valence-corrected chi connectivity index (χ4v) is 4.07. The number of fused-ring (bicyclic) bond motifs is 4. The van der Waals surface area contributed by atoms with E-state index >= 15 is 0 Å². The van der Waals surface area contributed by atoms with Gasteiger partial charge in [-0.25, -0.2) is 4.79 Å². The third-order valence-corrected chi connectivity index (χ3v) is 5.54. The highest BCUT2D eigenvalue weighted by atomic mass is 16.5. The van der Waals surface area contributed by atoms with Crippen LogP contribution in [0, 0.1) is 0 Å². The SMILES string of the molecule is Nc1noc2ccc(C=CCNC(=O)OCC3c4ccccc4-c4ccccc43)cc12. The fraction of sp³-hybridized carbons (Fsp3) is 0.120. The first-order chi connectivity index (χ1) is 15.2. The maximum atomic E-state index is 12.2. The van der Waals surface area contributed by atoms with Crippen LogP contribution in [0.5, 0.6) is 0 Å². The lowest BCUT2D eigenvalue weighted by Crippen LogP contribution is -2.26. The number of ether oxygens (including phenoxy) is 1. The number of anilines is 1. The number of alkyl carbamates (subject to hydrolysis) is 1. The molecule has 0 saturated carbocycles. The van der Waals surface area contributed by atoms with Gasteiger partial charge < -0.3 is 20.3 Å². The molecular formula is C25H21N3O3. The van der Waals surface area contributed by atoms with Crippen molar-refractivity contribution < 1.29 is 14.1 Å². The Kier molecular flexibility index (Phi) is 4.88. The summed E-state index contributed by atoms with van der Waals surface area (Å²) >= 11 is 0. The molecule has 0 atom stereocenters. The molecular weight excluding hydrogens is 390 g/mol. The number of rotatable bonds is 5. The molecule has 6 heteroatoms. The molecule has 3 aromatic carbocycles. The molecule has 0 bridgehead atoms. The summed E-state index contributed by atoms with van der Waals surface area (Å²) in [4.78, 5) is 12.2. The lowest BCUT2D eigenvalue weighted by Gasteiger charge is -2.14. The second kappa shape index (κ2) is 7.99. The van der Waals surface area contributed by atoms with Crippen LogP contribution >= 0.6 is 0 Å². The second-order valence-corrected chi connectivity index (χ2v) is 7.43. The highest BCUT2D eigenvalue weighted by Crippen LogP contribution is 2.44. The number of nitrogens with two attached hydrogens (primary N) is 1. The minimum absolute atomic E-state index is 0.0504. The second-order valence-electron chi connectivity index (χ2n) is 7.43. The number of benzene rings is 3. The van der Waals surface area contributed by atoms with Gasteiger partial charge in [0.15, 0.2) is 11.4 Å². The zero-order valence-electron chi connectivity index (χ0n) is 16.7. The Balaban J connectivity index is 1.18. The Hall–Kier alpha value is -4.06. The van der Waals surface area contributed by atoms with E-state index in [0.717, 1.165) is 10.9 Å². The van der Waals surface area contributed by atoms with Crippen molar-refractivity contribution in [3.63, 3.8) is 0 Å². The van der Waals surface area contributed by atoms with Crippen LogP contribution in [0.1, 0.15) is 22.6 Å². The van der Waals surface area contributed by atoms with Gasteiger partial charge in [-0.3, -0.25) is 0 Å². The van der Waals surface area contributed by atoms with Crippen LogP contribution in [-0.4, -0.2) is 24.4 Å². The minimum atomic E-state index is -0.440. The Morgan fingerprint density at radius 1 is 1.06 bits per heavy atom. The maximum absolute atomic E-state index is 12.2. The number of nitrogen functional groups attached to an aromatic ring is 1. The molecule has 0 radical (unpaired) electrons. The molecule has 4 aromatic rings. The highest BCUT2D eigenvalue weighted by Gasteiger charge is 2.28. The highest BCUT2D eigenvalue weighted by molar-refractivity contribution is 5.88. The molecule has 1 aromatic heterocycles. The van der Waals surface area contributed by atoms with Crippen LogP contribution in [0.25, 0.3) is 28.2 Å². The Morgan fingerprint density at radius 2 is 1.77 bits per heavy atom. The van der Waals surface area contributed by atoms with Gasteiger partial charge in [0.05, 0.1) is 5.39 Å². The van der Waals surface area contributed by atoms with E-state index in [1.807, 2.05) is 54.6 Å². The van der Waals surface area contributed by atoms with Gasteiger partial charge in [-0.1, -0.05) is 71.9 Å². The van der Waals surface area contributed by atoms with Crippen molar-refractivity contribution in [1.29, 1.82) is 0 Å². The quantitative estimate of drug-likeness (QED) is 0.484. The monoisotopic (exact) mass is 411 g/mol. The van der Waals surface area contributed by atoms with E-state index in [1.165, 1.54) is 22.3 Å². The molecule has 0 saturated heterocycles. The Labute approximate surface area is 179 Å². The van der Waals surface area contributed by atoms with Crippen LogP contribution in [0.3, 0.4) is 0 Å². The summed E-state index contributed by atoms with van der Waals surface area (Å²) in [6.45, 7) is 0.654. The first kappa shape index (κ1) is 18.9. The van der Waals surface area contributed by atoms with E-state index in [-0.39, 0.29) is 5.92 Å². The summed E-state index contributed by atoms with van der Waals surface area (Å²) in [7, 11) is 0. The van der Waals surface area contributed by atoms with Gasteiger partial charge in [-0.05, 0) is 39.9 Å². The summed E-state index contributed by atoms with van der Waals surface area (Å²) in [5.41, 5.74) is 12.2. The van der Waals surface area contributed by atoms with Gasteiger partial charge in [-0.2, -0.15) is 0 Å². The van der Waals surface area contributed by atoms with Crippen LogP contribution in [0.2, 0.25) is 0 Å². The molecule has 1 aliphatic rings. The molecule has 0 aliphatic heterocycles. The van der Waals surface area contributed by atoms with Gasteiger partial charge in [0.1, 0.15) is 6.61 Å². The van der Waals surface area contributed by atoms with Crippen molar-refractivity contribution in [2.75, 3.05) is 18.9 Å². The van der Waals surface area contributed by atoms with Crippen molar-refractivity contribution in [3.05, 3.63) is 89.5 Å². The molecule has 31 heavy (non-hydrogen) atoms. The molecule has 5 rings (SSSR count). The number of amides is 1. The molecule has 6 nitrogen and oxygen atoms in total. The van der Waals surface area contributed by atoms with Crippen LogP contribution in [0.15, 0.2) is 77.3 Å². The summed E-state index contributed by atoms with van der Waals surface area (Å²) < 4.78 is 10.6. The summed E-state index contributed by atoms with van der Waals surface area (Å²) in [6.07, 6.45) is 3.31. The predicted molar refractivity (Wildman–Crippen MR) is 121 cm³/mol. The summed E-state index contributed by atoms with van der Waals surface area (Å²) in [5.74, 6) is 0.413. The number of nitrogens with zero attached hydrogens (tertiary/aromatic N) is 1. The topological polar surface area (TPSA) is 90.4 Å². The van der Waals surface area contributed by atoms with Crippen molar-refractivity contribution in [3.8, 4) is 11.1 Å². The Morgan fingerprint density at radius 3 is 2.52 bits per heavy atom. The minimum Gasteiger partial charge on any atom is -0.449 e. The average Bonchev–Trinajstić information content (AvgIpc) is 3.33. The predicted octanol–water partition coefficient (Wildman–Crippen LogP) is 4.96. The lowest BCUT2D eigenvalue weighted by atomic mass is 9.98. The van der Waals surface area contributed by atoms with Gasteiger partial charge in [0.25, 0.3) is 0 Å². The molecule has 0 unspecified atom stereocenters. The van der Waals surface area contributed by atoms with Gasteiger partial charge in [-0.15, -0.1) is 0 Å². The molecule has 3 N–H and O–H groups in total.